The number of carbonyl (C=O) groups excluding carboxylic acids is 1. The number of nitrogens with zero attached hydrogens (tertiary/aromatic N) is 1. The molecule has 2 atom stereocenters. The standard InChI is InChI=1S/C12H20N2O4/c1-12(2)5-8(12)6-13-11(17)14-3-4-18-9(7-14)10(15)16/h8-9H,3-7H2,1-2H3,(H,13,17)(H,15,16). The highest BCUT2D eigenvalue weighted by Crippen LogP contribution is 2.50. The fourth-order valence-electron chi connectivity index (χ4n) is 2.23. The third kappa shape index (κ3) is 2.93. The minimum Gasteiger partial charge on any atom is -0.479 e. The summed E-state index contributed by atoms with van der Waals surface area (Å²) in [5.41, 5.74) is 0.335. The highest BCUT2D eigenvalue weighted by molar-refractivity contribution is 5.77. The molecule has 102 valence electrons. The van der Waals surface area contributed by atoms with E-state index >= 15 is 0 Å². The molecule has 1 saturated heterocycles. The number of carbonyl (C=O) groups is 2. The molecule has 2 unspecified atom stereocenters. The van der Waals surface area contributed by atoms with Crippen LogP contribution in [0.5, 0.6) is 0 Å². The van der Waals surface area contributed by atoms with E-state index in [1.807, 2.05) is 0 Å². The molecule has 1 saturated carbocycles. The van der Waals surface area contributed by atoms with Crippen LogP contribution in [0.25, 0.3) is 0 Å². The number of morpholine rings is 1. The van der Waals surface area contributed by atoms with Crippen LogP contribution in [0.4, 0.5) is 4.79 Å². The number of carboxylic acid groups (broad SMARTS) is 1. The van der Waals surface area contributed by atoms with Gasteiger partial charge in [-0.2, -0.15) is 0 Å². The molecule has 2 rings (SSSR count). The van der Waals surface area contributed by atoms with E-state index < -0.39 is 12.1 Å². The van der Waals surface area contributed by atoms with Gasteiger partial charge in [0.1, 0.15) is 0 Å². The predicted octanol–water partition coefficient (Wildman–Crippen LogP) is 0.527. The molecule has 0 aromatic heterocycles. The summed E-state index contributed by atoms with van der Waals surface area (Å²) < 4.78 is 5.07. The van der Waals surface area contributed by atoms with Gasteiger partial charge in [0.15, 0.2) is 6.10 Å². The summed E-state index contributed by atoms with van der Waals surface area (Å²) >= 11 is 0. The zero-order valence-electron chi connectivity index (χ0n) is 10.8. The first-order valence-corrected chi connectivity index (χ1v) is 6.27. The summed E-state index contributed by atoms with van der Waals surface area (Å²) in [6.45, 7) is 5.87. The van der Waals surface area contributed by atoms with Gasteiger partial charge in [0.25, 0.3) is 0 Å². The maximum atomic E-state index is 11.9. The lowest BCUT2D eigenvalue weighted by Crippen LogP contribution is -2.52. The van der Waals surface area contributed by atoms with Crippen LogP contribution in [-0.4, -0.2) is 54.4 Å². The summed E-state index contributed by atoms with van der Waals surface area (Å²) in [5, 5.41) is 11.7. The predicted molar refractivity (Wildman–Crippen MR) is 64.2 cm³/mol. The van der Waals surface area contributed by atoms with E-state index in [4.69, 9.17) is 9.84 Å². The van der Waals surface area contributed by atoms with Gasteiger partial charge in [0.05, 0.1) is 13.2 Å². The van der Waals surface area contributed by atoms with Crippen molar-refractivity contribution in [3.05, 3.63) is 0 Å². The van der Waals surface area contributed by atoms with Gasteiger partial charge in [-0.3, -0.25) is 0 Å². The monoisotopic (exact) mass is 256 g/mol. The lowest BCUT2D eigenvalue weighted by molar-refractivity contribution is -0.154. The van der Waals surface area contributed by atoms with Crippen LogP contribution < -0.4 is 5.32 Å². The first kappa shape index (κ1) is 13.1. The molecule has 1 aliphatic heterocycles. The van der Waals surface area contributed by atoms with E-state index in [0.717, 1.165) is 6.42 Å². The van der Waals surface area contributed by atoms with Crippen molar-refractivity contribution in [1.82, 2.24) is 10.2 Å². The van der Waals surface area contributed by atoms with E-state index in [-0.39, 0.29) is 19.2 Å². The number of urea groups is 1. The molecule has 6 nitrogen and oxygen atoms in total. The third-order valence-corrected chi connectivity index (χ3v) is 3.85. The quantitative estimate of drug-likeness (QED) is 0.772. The van der Waals surface area contributed by atoms with E-state index in [9.17, 15) is 9.59 Å². The molecule has 0 aromatic rings. The van der Waals surface area contributed by atoms with Crippen LogP contribution in [0.1, 0.15) is 20.3 Å². The molecule has 1 aliphatic carbocycles. The Bertz CT molecular complexity index is 356. The van der Waals surface area contributed by atoms with Gasteiger partial charge >= 0.3 is 12.0 Å². The Morgan fingerprint density at radius 3 is 2.72 bits per heavy atom. The van der Waals surface area contributed by atoms with Gasteiger partial charge in [-0.25, -0.2) is 9.59 Å². The number of amides is 2. The number of rotatable bonds is 3. The molecule has 1 heterocycles. The highest BCUT2D eigenvalue weighted by atomic mass is 16.5. The number of carboxylic acids is 1. The molecule has 0 spiro atoms. The van der Waals surface area contributed by atoms with Gasteiger partial charge in [0, 0.05) is 13.1 Å². The zero-order chi connectivity index (χ0) is 13.3. The van der Waals surface area contributed by atoms with Gasteiger partial charge in [0.2, 0.25) is 0 Å². The van der Waals surface area contributed by atoms with Crippen LogP contribution >= 0.6 is 0 Å². The summed E-state index contributed by atoms with van der Waals surface area (Å²) in [5.74, 6) is -0.478. The summed E-state index contributed by atoms with van der Waals surface area (Å²) in [6, 6.07) is -0.188. The molecular formula is C12H20N2O4. The van der Waals surface area contributed by atoms with Crippen molar-refractivity contribution >= 4 is 12.0 Å². The van der Waals surface area contributed by atoms with E-state index in [0.29, 0.717) is 24.4 Å². The second-order valence-corrected chi connectivity index (χ2v) is 5.72. The summed E-state index contributed by atoms with van der Waals surface area (Å²) in [4.78, 5) is 24.2. The Labute approximate surface area is 106 Å². The molecule has 6 heteroatoms. The molecule has 0 radical (unpaired) electrons. The van der Waals surface area contributed by atoms with Crippen LogP contribution in [0.3, 0.4) is 0 Å². The lowest BCUT2D eigenvalue weighted by atomic mass is 10.1. The highest BCUT2D eigenvalue weighted by Gasteiger charge is 2.45. The largest absolute Gasteiger partial charge is 0.479 e. The van der Waals surface area contributed by atoms with Crippen LogP contribution in [-0.2, 0) is 9.53 Å². The maximum absolute atomic E-state index is 11.9. The molecule has 2 N–H and O–H groups in total. The topological polar surface area (TPSA) is 78.9 Å². The van der Waals surface area contributed by atoms with Crippen molar-refractivity contribution in [1.29, 1.82) is 0 Å². The first-order chi connectivity index (χ1) is 8.40. The van der Waals surface area contributed by atoms with Crippen molar-refractivity contribution in [3.63, 3.8) is 0 Å². The third-order valence-electron chi connectivity index (χ3n) is 3.85. The Kier molecular flexibility index (Phi) is 3.47. The SMILES string of the molecule is CC1(C)CC1CNC(=O)N1CCOC(C(=O)O)C1. The molecular weight excluding hydrogens is 236 g/mol. The van der Waals surface area contributed by atoms with Crippen LogP contribution in [0, 0.1) is 11.3 Å². The second-order valence-electron chi connectivity index (χ2n) is 5.72. The van der Waals surface area contributed by atoms with Gasteiger partial charge < -0.3 is 20.1 Å². The van der Waals surface area contributed by atoms with Gasteiger partial charge in [-0.15, -0.1) is 0 Å². The second kappa shape index (κ2) is 4.76. The fraction of sp³-hybridized carbons (Fsp3) is 0.833. The molecule has 2 aliphatic rings. The van der Waals surface area contributed by atoms with Gasteiger partial charge in [-0.05, 0) is 17.8 Å². The minimum atomic E-state index is -1.02. The number of hydrogen-bond acceptors (Lipinski definition) is 3. The molecule has 0 bridgehead atoms. The molecule has 2 fully saturated rings. The van der Waals surface area contributed by atoms with Crippen LogP contribution in [0.2, 0.25) is 0 Å². The Hall–Kier alpha value is -1.30. The van der Waals surface area contributed by atoms with E-state index in [2.05, 4.69) is 19.2 Å². The number of hydrogen-bond donors (Lipinski definition) is 2. The van der Waals surface area contributed by atoms with Crippen molar-refractivity contribution in [2.24, 2.45) is 11.3 Å². The van der Waals surface area contributed by atoms with Crippen molar-refractivity contribution < 1.29 is 19.4 Å². The average molecular weight is 256 g/mol. The molecule has 0 aromatic carbocycles. The minimum absolute atomic E-state index is 0.120. The van der Waals surface area contributed by atoms with Crippen molar-refractivity contribution in [2.45, 2.75) is 26.4 Å². The van der Waals surface area contributed by atoms with Gasteiger partial charge in [-0.1, -0.05) is 13.8 Å². The van der Waals surface area contributed by atoms with E-state index in [1.165, 1.54) is 4.90 Å². The first-order valence-electron chi connectivity index (χ1n) is 6.27. The van der Waals surface area contributed by atoms with Crippen molar-refractivity contribution in [2.75, 3.05) is 26.2 Å². The fourth-order valence-corrected chi connectivity index (χ4v) is 2.23. The number of aliphatic carboxylic acids is 1. The molecule has 18 heavy (non-hydrogen) atoms. The van der Waals surface area contributed by atoms with Crippen LogP contribution in [0.15, 0.2) is 0 Å². The Balaban J connectivity index is 1.76. The smallest absolute Gasteiger partial charge is 0.334 e. The van der Waals surface area contributed by atoms with E-state index in [1.54, 1.807) is 0 Å². The summed E-state index contributed by atoms with van der Waals surface area (Å²) in [6.07, 6.45) is 0.232. The lowest BCUT2D eigenvalue weighted by Gasteiger charge is -2.30. The zero-order valence-corrected chi connectivity index (χ0v) is 10.8. The normalized spacial score (nSPS) is 29.8. The maximum Gasteiger partial charge on any atom is 0.334 e. The average Bonchev–Trinajstić information content (AvgIpc) is 2.94. The van der Waals surface area contributed by atoms with Crippen molar-refractivity contribution in [3.8, 4) is 0 Å². The summed E-state index contributed by atoms with van der Waals surface area (Å²) in [7, 11) is 0. The molecule has 2 amide bonds. The Morgan fingerprint density at radius 1 is 1.50 bits per heavy atom. The number of ether oxygens (including phenoxy) is 1. The Morgan fingerprint density at radius 2 is 2.17 bits per heavy atom. The number of nitrogens with one attached hydrogen (secondary N) is 1.